The maximum absolute atomic E-state index is 12.5. The van der Waals surface area contributed by atoms with Gasteiger partial charge in [0.1, 0.15) is 0 Å². The summed E-state index contributed by atoms with van der Waals surface area (Å²) in [5.41, 5.74) is 0.698. The molecular weight excluding hydrogens is 308 g/mol. The molecule has 0 radical (unpaired) electrons. The molecule has 4 heteroatoms. The van der Waals surface area contributed by atoms with Gasteiger partial charge in [0.25, 0.3) is 5.91 Å². The summed E-state index contributed by atoms with van der Waals surface area (Å²) in [7, 11) is 0. The molecule has 1 heterocycles. The van der Waals surface area contributed by atoms with Crippen LogP contribution >= 0.6 is 11.6 Å². The van der Waals surface area contributed by atoms with Gasteiger partial charge in [0.05, 0.1) is 0 Å². The Balaban J connectivity index is 1.30. The van der Waals surface area contributed by atoms with Gasteiger partial charge in [-0.25, -0.2) is 0 Å². The van der Waals surface area contributed by atoms with E-state index < -0.39 is 0 Å². The summed E-state index contributed by atoms with van der Waals surface area (Å²) in [5.74, 6) is 2.59. The van der Waals surface area contributed by atoms with Crippen LogP contribution in [0.2, 0.25) is 5.02 Å². The zero-order chi connectivity index (χ0) is 15.8. The SMILES string of the molecule is O=C(c1cccc(Cl)c1)N1CCN(C[C@@H]2C[C@H]3C=C[C@H]2C3)CC1. The predicted octanol–water partition coefficient (Wildman–Crippen LogP) is 3.31. The van der Waals surface area contributed by atoms with Crippen molar-refractivity contribution in [3.8, 4) is 0 Å². The largest absolute Gasteiger partial charge is 0.336 e. The van der Waals surface area contributed by atoms with E-state index in [9.17, 15) is 4.79 Å². The Hall–Kier alpha value is -1.32. The van der Waals surface area contributed by atoms with Crippen LogP contribution < -0.4 is 0 Å². The molecule has 0 N–H and O–H groups in total. The number of allylic oxidation sites excluding steroid dienone is 2. The van der Waals surface area contributed by atoms with E-state index in [1.165, 1.54) is 19.4 Å². The minimum absolute atomic E-state index is 0.106. The first kappa shape index (κ1) is 15.2. The lowest BCUT2D eigenvalue weighted by atomic mass is 9.93. The highest BCUT2D eigenvalue weighted by atomic mass is 35.5. The van der Waals surface area contributed by atoms with E-state index in [1.54, 1.807) is 12.1 Å². The molecule has 3 nitrogen and oxygen atoms in total. The lowest BCUT2D eigenvalue weighted by molar-refractivity contribution is 0.0610. The Morgan fingerprint density at radius 1 is 1.13 bits per heavy atom. The number of hydrogen-bond acceptors (Lipinski definition) is 2. The summed E-state index contributed by atoms with van der Waals surface area (Å²) in [6.07, 6.45) is 7.57. The first-order valence-electron chi connectivity index (χ1n) is 8.64. The second-order valence-electron chi connectivity index (χ2n) is 7.14. The monoisotopic (exact) mass is 330 g/mol. The molecule has 1 saturated heterocycles. The van der Waals surface area contributed by atoms with Crippen LogP contribution in [0.25, 0.3) is 0 Å². The highest BCUT2D eigenvalue weighted by Gasteiger charge is 2.36. The van der Waals surface area contributed by atoms with Crippen molar-refractivity contribution in [2.45, 2.75) is 12.8 Å². The van der Waals surface area contributed by atoms with Gasteiger partial charge in [0.15, 0.2) is 0 Å². The second-order valence-corrected chi connectivity index (χ2v) is 7.58. The van der Waals surface area contributed by atoms with Crippen molar-refractivity contribution in [3.63, 3.8) is 0 Å². The Kier molecular flexibility index (Phi) is 4.16. The van der Waals surface area contributed by atoms with Crippen molar-refractivity contribution in [3.05, 3.63) is 47.0 Å². The van der Waals surface area contributed by atoms with Crippen LogP contribution in [-0.2, 0) is 0 Å². The number of nitrogens with zero attached hydrogens (tertiary/aromatic N) is 2. The molecule has 0 spiro atoms. The fourth-order valence-electron chi connectivity index (χ4n) is 4.37. The Labute approximate surface area is 142 Å². The van der Waals surface area contributed by atoms with Crippen LogP contribution in [0.1, 0.15) is 23.2 Å². The summed E-state index contributed by atoms with van der Waals surface area (Å²) in [4.78, 5) is 17.1. The van der Waals surface area contributed by atoms with Gasteiger partial charge < -0.3 is 4.90 Å². The topological polar surface area (TPSA) is 23.6 Å². The van der Waals surface area contributed by atoms with Gasteiger partial charge in [-0.15, -0.1) is 0 Å². The maximum Gasteiger partial charge on any atom is 0.253 e. The quantitative estimate of drug-likeness (QED) is 0.794. The van der Waals surface area contributed by atoms with Crippen molar-refractivity contribution in [2.24, 2.45) is 17.8 Å². The van der Waals surface area contributed by atoms with Gasteiger partial charge in [0.2, 0.25) is 0 Å². The lowest BCUT2D eigenvalue weighted by Crippen LogP contribution is -2.50. The third-order valence-corrected chi connectivity index (χ3v) is 5.88. The van der Waals surface area contributed by atoms with Crippen molar-refractivity contribution in [1.82, 2.24) is 9.80 Å². The van der Waals surface area contributed by atoms with E-state index in [1.807, 2.05) is 17.0 Å². The molecule has 3 aliphatic rings. The Bertz CT molecular complexity index is 622. The molecule has 2 fully saturated rings. The number of fused-ring (bicyclic) bond motifs is 2. The third kappa shape index (κ3) is 3.17. The molecule has 2 bridgehead atoms. The van der Waals surface area contributed by atoms with E-state index >= 15 is 0 Å². The average molecular weight is 331 g/mol. The van der Waals surface area contributed by atoms with E-state index in [0.717, 1.165) is 43.9 Å². The number of amides is 1. The van der Waals surface area contributed by atoms with E-state index in [-0.39, 0.29) is 5.91 Å². The Morgan fingerprint density at radius 2 is 1.96 bits per heavy atom. The molecule has 23 heavy (non-hydrogen) atoms. The summed E-state index contributed by atoms with van der Waals surface area (Å²) in [6, 6.07) is 7.26. The lowest BCUT2D eigenvalue weighted by Gasteiger charge is -2.37. The molecule has 1 aromatic carbocycles. The summed E-state index contributed by atoms with van der Waals surface area (Å²) < 4.78 is 0. The normalized spacial score (nSPS) is 30.1. The van der Waals surface area contributed by atoms with Gasteiger partial charge in [-0.05, 0) is 48.8 Å². The molecule has 0 aromatic heterocycles. The standard InChI is InChI=1S/C19H23ClN2O/c20-18-3-1-2-16(12-18)19(23)22-8-6-21(7-9-22)13-17-11-14-4-5-15(17)10-14/h1-5,12,14-15,17H,6-11,13H2/t14-,15-,17-/m0/s1. The number of halogens is 1. The van der Waals surface area contributed by atoms with Crippen molar-refractivity contribution in [2.75, 3.05) is 32.7 Å². The molecule has 1 aromatic rings. The number of piperazine rings is 1. The van der Waals surface area contributed by atoms with Crippen molar-refractivity contribution < 1.29 is 4.79 Å². The zero-order valence-corrected chi connectivity index (χ0v) is 14.1. The molecular formula is C19H23ClN2O. The number of carbonyl (C=O) groups is 1. The molecule has 1 amide bonds. The van der Waals surface area contributed by atoms with Crippen LogP contribution in [-0.4, -0.2) is 48.4 Å². The highest BCUT2D eigenvalue weighted by molar-refractivity contribution is 6.30. The first-order valence-corrected chi connectivity index (χ1v) is 9.02. The van der Waals surface area contributed by atoms with E-state index in [4.69, 9.17) is 11.6 Å². The zero-order valence-electron chi connectivity index (χ0n) is 13.3. The van der Waals surface area contributed by atoms with Crippen LogP contribution in [0.5, 0.6) is 0 Å². The van der Waals surface area contributed by atoms with Gasteiger partial charge in [-0.1, -0.05) is 29.8 Å². The molecule has 2 aliphatic carbocycles. The van der Waals surface area contributed by atoms with E-state index in [2.05, 4.69) is 17.1 Å². The minimum atomic E-state index is 0.106. The molecule has 3 atom stereocenters. The van der Waals surface area contributed by atoms with Crippen LogP contribution in [0.3, 0.4) is 0 Å². The first-order chi connectivity index (χ1) is 11.2. The maximum atomic E-state index is 12.5. The summed E-state index contributed by atoms with van der Waals surface area (Å²) in [6.45, 7) is 4.82. The molecule has 122 valence electrons. The number of rotatable bonds is 3. The van der Waals surface area contributed by atoms with Gasteiger partial charge in [-0.2, -0.15) is 0 Å². The number of hydrogen-bond donors (Lipinski definition) is 0. The minimum Gasteiger partial charge on any atom is -0.336 e. The average Bonchev–Trinajstić information content (AvgIpc) is 3.18. The van der Waals surface area contributed by atoms with Crippen molar-refractivity contribution in [1.29, 1.82) is 0 Å². The smallest absolute Gasteiger partial charge is 0.253 e. The van der Waals surface area contributed by atoms with Crippen LogP contribution in [0.4, 0.5) is 0 Å². The van der Waals surface area contributed by atoms with E-state index in [0.29, 0.717) is 10.6 Å². The fourth-order valence-corrected chi connectivity index (χ4v) is 4.56. The van der Waals surface area contributed by atoms with Crippen LogP contribution in [0, 0.1) is 17.8 Å². The summed E-state index contributed by atoms with van der Waals surface area (Å²) >= 11 is 5.99. The second kappa shape index (κ2) is 6.29. The Morgan fingerprint density at radius 3 is 2.61 bits per heavy atom. The highest BCUT2D eigenvalue weighted by Crippen LogP contribution is 2.43. The molecule has 1 aliphatic heterocycles. The van der Waals surface area contributed by atoms with Gasteiger partial charge >= 0.3 is 0 Å². The third-order valence-electron chi connectivity index (χ3n) is 5.64. The molecule has 4 rings (SSSR count). The molecule has 0 unspecified atom stereocenters. The van der Waals surface area contributed by atoms with Crippen LogP contribution in [0.15, 0.2) is 36.4 Å². The summed E-state index contributed by atoms with van der Waals surface area (Å²) in [5, 5.41) is 0.624. The molecule has 1 saturated carbocycles. The fraction of sp³-hybridized carbons (Fsp3) is 0.526. The van der Waals surface area contributed by atoms with Crippen molar-refractivity contribution >= 4 is 17.5 Å². The van der Waals surface area contributed by atoms with Gasteiger partial charge in [0, 0.05) is 43.3 Å². The predicted molar refractivity (Wildman–Crippen MR) is 92.6 cm³/mol. The number of benzene rings is 1. The number of carbonyl (C=O) groups excluding carboxylic acids is 1. The van der Waals surface area contributed by atoms with Gasteiger partial charge in [-0.3, -0.25) is 9.69 Å².